The van der Waals surface area contributed by atoms with Gasteiger partial charge in [0.05, 0.1) is 6.04 Å². The molecule has 0 spiro atoms. The average Bonchev–Trinajstić information content (AvgIpc) is 2.80. The summed E-state index contributed by atoms with van der Waals surface area (Å²) in [7, 11) is 0. The Bertz CT molecular complexity index is 1110. The molecule has 0 aliphatic rings. The molecule has 32 heavy (non-hydrogen) atoms. The van der Waals surface area contributed by atoms with Gasteiger partial charge in [-0.05, 0) is 60.0 Å². The molecular weight excluding hydrogens is 404 g/mol. The van der Waals surface area contributed by atoms with E-state index in [1.54, 1.807) is 60.7 Å². The van der Waals surface area contributed by atoms with E-state index < -0.39 is 0 Å². The van der Waals surface area contributed by atoms with Crippen LogP contribution >= 0.6 is 0 Å². The van der Waals surface area contributed by atoms with E-state index in [0.29, 0.717) is 16.9 Å². The second kappa shape index (κ2) is 10.6. The van der Waals surface area contributed by atoms with Gasteiger partial charge in [-0.25, -0.2) is 5.01 Å². The minimum atomic E-state index is -0.388. The van der Waals surface area contributed by atoms with Crippen LogP contribution in [0.25, 0.3) is 10.8 Å². The first kappa shape index (κ1) is 23.0. The highest BCUT2D eigenvalue weighted by molar-refractivity contribution is 6.01. The highest BCUT2D eigenvalue weighted by atomic mass is 16.5. The molecule has 0 aromatic heterocycles. The number of nitrogens with one attached hydrogen (secondary N) is 1. The minimum Gasteiger partial charge on any atom is -0.427 e. The monoisotopic (exact) mass is 432 g/mol. The Morgan fingerprint density at radius 1 is 0.906 bits per heavy atom. The molecule has 166 valence electrons. The standard InChI is InChI=1S/C26H28N2O4/c1-4-9-23(5-2)28(26(31)19-10-7-6-8-11-19)27-25(30)22-13-12-21-17-24(32-18(3)29)15-14-20(21)16-22/h6-8,10-17,23H,4-5,9H2,1-3H3,(H,27,30). The molecule has 0 saturated heterocycles. The number of esters is 1. The highest BCUT2D eigenvalue weighted by Gasteiger charge is 2.25. The fraction of sp³-hybridized carbons (Fsp3) is 0.269. The van der Waals surface area contributed by atoms with Gasteiger partial charge in [-0.1, -0.05) is 50.6 Å². The van der Waals surface area contributed by atoms with Crippen molar-refractivity contribution in [3.63, 3.8) is 0 Å². The number of benzene rings is 3. The SMILES string of the molecule is CCCC(CC)N(NC(=O)c1ccc2cc(OC(C)=O)ccc2c1)C(=O)c1ccccc1. The van der Waals surface area contributed by atoms with E-state index in [-0.39, 0.29) is 23.8 Å². The van der Waals surface area contributed by atoms with Crippen LogP contribution < -0.4 is 10.2 Å². The van der Waals surface area contributed by atoms with Gasteiger partial charge in [0.1, 0.15) is 5.75 Å². The van der Waals surface area contributed by atoms with Crippen molar-refractivity contribution in [1.82, 2.24) is 10.4 Å². The molecule has 0 radical (unpaired) electrons. The van der Waals surface area contributed by atoms with Gasteiger partial charge in [0, 0.05) is 18.1 Å². The van der Waals surface area contributed by atoms with Crippen LogP contribution in [-0.2, 0) is 4.79 Å². The lowest BCUT2D eigenvalue weighted by molar-refractivity contribution is -0.131. The number of fused-ring (bicyclic) bond motifs is 1. The fourth-order valence-electron chi connectivity index (χ4n) is 3.65. The maximum absolute atomic E-state index is 13.2. The lowest BCUT2D eigenvalue weighted by Gasteiger charge is -2.31. The van der Waals surface area contributed by atoms with Crippen molar-refractivity contribution in [1.29, 1.82) is 0 Å². The minimum absolute atomic E-state index is 0.108. The van der Waals surface area contributed by atoms with Crippen LogP contribution in [0.15, 0.2) is 66.7 Å². The van der Waals surface area contributed by atoms with Crippen LogP contribution in [0.4, 0.5) is 0 Å². The number of nitrogens with zero attached hydrogens (tertiary/aromatic N) is 1. The zero-order chi connectivity index (χ0) is 23.1. The van der Waals surface area contributed by atoms with Crippen LogP contribution in [0, 0.1) is 0 Å². The lowest BCUT2D eigenvalue weighted by atomic mass is 10.1. The average molecular weight is 433 g/mol. The van der Waals surface area contributed by atoms with Gasteiger partial charge in [0.25, 0.3) is 11.8 Å². The molecule has 6 heteroatoms. The summed E-state index contributed by atoms with van der Waals surface area (Å²) in [6, 6.07) is 19.3. The first-order chi connectivity index (χ1) is 15.4. The molecule has 0 fully saturated rings. The summed E-state index contributed by atoms with van der Waals surface area (Å²) in [5.74, 6) is -0.519. The van der Waals surface area contributed by atoms with Crippen LogP contribution in [0.2, 0.25) is 0 Å². The maximum Gasteiger partial charge on any atom is 0.308 e. The van der Waals surface area contributed by atoms with E-state index in [0.717, 1.165) is 30.0 Å². The Labute approximate surface area is 188 Å². The van der Waals surface area contributed by atoms with E-state index in [1.807, 2.05) is 13.0 Å². The quantitative estimate of drug-likeness (QED) is 0.319. The van der Waals surface area contributed by atoms with Crippen molar-refractivity contribution in [3.05, 3.63) is 77.9 Å². The summed E-state index contributed by atoms with van der Waals surface area (Å²) in [5.41, 5.74) is 3.81. The molecule has 1 N–H and O–H groups in total. The lowest BCUT2D eigenvalue weighted by Crippen LogP contribution is -2.51. The first-order valence-electron chi connectivity index (χ1n) is 10.8. The molecule has 3 rings (SSSR count). The van der Waals surface area contributed by atoms with E-state index in [1.165, 1.54) is 11.9 Å². The zero-order valence-electron chi connectivity index (χ0n) is 18.6. The summed E-state index contributed by atoms with van der Waals surface area (Å²) in [5, 5.41) is 3.14. The number of rotatable bonds is 7. The van der Waals surface area contributed by atoms with Crippen molar-refractivity contribution < 1.29 is 19.1 Å². The molecule has 0 heterocycles. The summed E-state index contributed by atoms with van der Waals surface area (Å²) in [6.45, 7) is 5.42. The Hall–Kier alpha value is -3.67. The van der Waals surface area contributed by atoms with Gasteiger partial charge in [-0.15, -0.1) is 0 Å². The second-order valence-electron chi connectivity index (χ2n) is 7.65. The van der Waals surface area contributed by atoms with Gasteiger partial charge in [0.2, 0.25) is 0 Å². The smallest absolute Gasteiger partial charge is 0.308 e. The first-order valence-corrected chi connectivity index (χ1v) is 10.8. The van der Waals surface area contributed by atoms with Crippen LogP contribution in [0.1, 0.15) is 60.7 Å². The highest BCUT2D eigenvalue weighted by Crippen LogP contribution is 2.23. The van der Waals surface area contributed by atoms with Crippen LogP contribution in [0.5, 0.6) is 5.75 Å². The number of hydrogen-bond donors (Lipinski definition) is 1. The van der Waals surface area contributed by atoms with Gasteiger partial charge >= 0.3 is 5.97 Å². The largest absolute Gasteiger partial charge is 0.427 e. The number of hydrazine groups is 1. The number of amides is 2. The molecule has 1 atom stereocenters. The molecule has 0 saturated carbocycles. The Morgan fingerprint density at radius 3 is 2.25 bits per heavy atom. The van der Waals surface area contributed by atoms with Crippen molar-refractivity contribution in [2.24, 2.45) is 0 Å². The van der Waals surface area contributed by atoms with Crippen molar-refractivity contribution >= 4 is 28.6 Å². The van der Waals surface area contributed by atoms with Crippen LogP contribution in [-0.4, -0.2) is 28.8 Å². The predicted molar refractivity (Wildman–Crippen MR) is 124 cm³/mol. The number of carbonyl (C=O) groups excluding carboxylic acids is 3. The van der Waals surface area contributed by atoms with E-state index in [2.05, 4.69) is 12.3 Å². The Morgan fingerprint density at radius 2 is 1.59 bits per heavy atom. The van der Waals surface area contributed by atoms with Gasteiger partial charge < -0.3 is 4.74 Å². The molecule has 0 bridgehead atoms. The van der Waals surface area contributed by atoms with E-state index >= 15 is 0 Å². The summed E-state index contributed by atoms with van der Waals surface area (Å²) in [6.07, 6.45) is 2.41. The summed E-state index contributed by atoms with van der Waals surface area (Å²) < 4.78 is 5.12. The Balaban J connectivity index is 1.86. The number of ether oxygens (including phenoxy) is 1. The topological polar surface area (TPSA) is 75.7 Å². The summed E-state index contributed by atoms with van der Waals surface area (Å²) >= 11 is 0. The van der Waals surface area contributed by atoms with Crippen molar-refractivity contribution in [2.75, 3.05) is 0 Å². The summed E-state index contributed by atoms with van der Waals surface area (Å²) in [4.78, 5) is 37.5. The Kier molecular flexibility index (Phi) is 7.60. The molecular formula is C26H28N2O4. The number of carbonyl (C=O) groups is 3. The van der Waals surface area contributed by atoms with Crippen molar-refractivity contribution in [2.45, 2.75) is 46.1 Å². The van der Waals surface area contributed by atoms with E-state index in [9.17, 15) is 14.4 Å². The second-order valence-corrected chi connectivity index (χ2v) is 7.65. The molecule has 0 aliphatic heterocycles. The molecule has 2 amide bonds. The third kappa shape index (κ3) is 5.52. The molecule has 0 aliphatic carbocycles. The van der Waals surface area contributed by atoms with E-state index in [4.69, 9.17) is 4.74 Å². The normalized spacial score (nSPS) is 11.6. The van der Waals surface area contributed by atoms with Crippen LogP contribution in [0.3, 0.4) is 0 Å². The third-order valence-corrected chi connectivity index (χ3v) is 5.26. The number of hydrogen-bond acceptors (Lipinski definition) is 4. The maximum atomic E-state index is 13.2. The fourth-order valence-corrected chi connectivity index (χ4v) is 3.65. The van der Waals surface area contributed by atoms with Gasteiger partial charge in [0.15, 0.2) is 0 Å². The molecule has 1 unspecified atom stereocenters. The molecule has 3 aromatic rings. The predicted octanol–water partition coefficient (Wildman–Crippen LogP) is 5.13. The third-order valence-electron chi connectivity index (χ3n) is 5.26. The molecule has 6 nitrogen and oxygen atoms in total. The van der Waals surface area contributed by atoms with Gasteiger partial charge in [-0.2, -0.15) is 0 Å². The zero-order valence-corrected chi connectivity index (χ0v) is 18.6. The van der Waals surface area contributed by atoms with Gasteiger partial charge in [-0.3, -0.25) is 19.8 Å². The molecule has 3 aromatic carbocycles. The van der Waals surface area contributed by atoms with Crippen molar-refractivity contribution in [3.8, 4) is 5.75 Å².